The summed E-state index contributed by atoms with van der Waals surface area (Å²) in [6, 6.07) is 7.67. The highest BCUT2D eigenvalue weighted by atomic mass is 19.4. The van der Waals surface area contributed by atoms with Crippen molar-refractivity contribution in [3.8, 4) is 5.75 Å². The van der Waals surface area contributed by atoms with Crippen molar-refractivity contribution in [2.75, 3.05) is 19.6 Å². The molecule has 23 heavy (non-hydrogen) atoms. The number of aliphatic imine (C=N–C) groups is 1. The quantitative estimate of drug-likeness (QED) is 0.595. The lowest BCUT2D eigenvalue weighted by Crippen LogP contribution is -2.39. The summed E-state index contributed by atoms with van der Waals surface area (Å²) in [5.41, 5.74) is 1.10. The maximum atomic E-state index is 12.2. The van der Waals surface area contributed by atoms with Gasteiger partial charge in [0.05, 0.1) is 13.0 Å². The van der Waals surface area contributed by atoms with E-state index in [2.05, 4.69) is 15.6 Å². The van der Waals surface area contributed by atoms with Gasteiger partial charge in [-0.15, -0.1) is 0 Å². The highest BCUT2D eigenvalue weighted by Crippen LogP contribution is 2.18. The highest BCUT2D eigenvalue weighted by molar-refractivity contribution is 5.79. The third-order valence-electron chi connectivity index (χ3n) is 2.88. The van der Waals surface area contributed by atoms with Gasteiger partial charge in [-0.05, 0) is 38.5 Å². The van der Waals surface area contributed by atoms with Crippen LogP contribution in [0.2, 0.25) is 0 Å². The van der Waals surface area contributed by atoms with Crippen LogP contribution >= 0.6 is 0 Å². The molecule has 0 fully saturated rings. The molecule has 7 heteroatoms. The Labute approximate surface area is 135 Å². The predicted molar refractivity (Wildman–Crippen MR) is 85.9 cm³/mol. The monoisotopic (exact) mass is 331 g/mol. The van der Waals surface area contributed by atoms with Gasteiger partial charge in [-0.2, -0.15) is 13.2 Å². The van der Waals surface area contributed by atoms with Crippen LogP contribution in [0.1, 0.15) is 25.8 Å². The Hall–Kier alpha value is -1.92. The van der Waals surface area contributed by atoms with E-state index in [1.165, 1.54) is 0 Å². The summed E-state index contributed by atoms with van der Waals surface area (Å²) in [5, 5.41) is 5.58. The van der Waals surface area contributed by atoms with E-state index < -0.39 is 12.6 Å². The van der Waals surface area contributed by atoms with Crippen molar-refractivity contribution >= 4 is 5.96 Å². The van der Waals surface area contributed by atoms with Crippen LogP contribution in [-0.2, 0) is 0 Å². The molecule has 130 valence electrons. The molecule has 0 spiro atoms. The van der Waals surface area contributed by atoms with E-state index in [0.717, 1.165) is 11.3 Å². The molecule has 4 nitrogen and oxygen atoms in total. The lowest BCUT2D eigenvalue weighted by Gasteiger charge is -2.16. The first-order valence-corrected chi connectivity index (χ1v) is 7.62. The summed E-state index contributed by atoms with van der Waals surface area (Å²) in [7, 11) is 0. The van der Waals surface area contributed by atoms with Gasteiger partial charge in [0.25, 0.3) is 0 Å². The number of ether oxygens (including phenoxy) is 1. The molecule has 1 aromatic rings. The molecule has 1 atom stereocenters. The smallest absolute Gasteiger partial charge is 0.390 e. The van der Waals surface area contributed by atoms with Crippen LogP contribution in [0.3, 0.4) is 0 Å². The van der Waals surface area contributed by atoms with E-state index in [1.807, 2.05) is 45.0 Å². The van der Waals surface area contributed by atoms with E-state index >= 15 is 0 Å². The van der Waals surface area contributed by atoms with Gasteiger partial charge in [0.15, 0.2) is 5.96 Å². The molecule has 0 heterocycles. The Morgan fingerprint density at radius 1 is 1.30 bits per heavy atom. The predicted octanol–water partition coefficient (Wildman–Crippen LogP) is 3.27. The Bertz CT molecular complexity index is 504. The summed E-state index contributed by atoms with van der Waals surface area (Å²) < 4.78 is 42.2. The number of guanidine groups is 1. The maximum absolute atomic E-state index is 12.2. The zero-order valence-corrected chi connectivity index (χ0v) is 13.7. The molecule has 2 N–H and O–H groups in total. The molecule has 0 aromatic heterocycles. The molecule has 1 unspecified atom stereocenters. The van der Waals surface area contributed by atoms with Crippen LogP contribution in [0, 0.1) is 6.92 Å². The molecule has 0 aliphatic heterocycles. The number of nitrogens with one attached hydrogen (secondary N) is 2. The summed E-state index contributed by atoms with van der Waals surface area (Å²) in [5.74, 6) is 1.11. The van der Waals surface area contributed by atoms with Gasteiger partial charge in [0.1, 0.15) is 11.9 Å². The van der Waals surface area contributed by atoms with E-state index in [4.69, 9.17) is 4.74 Å². The molecule has 0 aliphatic carbocycles. The second-order valence-electron chi connectivity index (χ2n) is 5.26. The van der Waals surface area contributed by atoms with Crippen LogP contribution in [0.5, 0.6) is 5.75 Å². The molecular formula is C16H24F3N3O. The molecular weight excluding hydrogens is 307 g/mol. The van der Waals surface area contributed by atoms with E-state index in [9.17, 15) is 13.2 Å². The lowest BCUT2D eigenvalue weighted by molar-refractivity contribution is -0.132. The second-order valence-corrected chi connectivity index (χ2v) is 5.26. The molecule has 0 amide bonds. The van der Waals surface area contributed by atoms with Gasteiger partial charge in [-0.25, -0.2) is 4.99 Å². The molecule has 0 bridgehead atoms. The van der Waals surface area contributed by atoms with Crippen molar-refractivity contribution in [2.24, 2.45) is 4.99 Å². The Balaban J connectivity index is 2.48. The Morgan fingerprint density at radius 3 is 2.65 bits per heavy atom. The third-order valence-corrected chi connectivity index (χ3v) is 2.88. The minimum absolute atomic E-state index is 0.185. The topological polar surface area (TPSA) is 45.7 Å². The zero-order valence-electron chi connectivity index (χ0n) is 13.7. The highest BCUT2D eigenvalue weighted by Gasteiger charge is 2.26. The zero-order chi connectivity index (χ0) is 17.3. The van der Waals surface area contributed by atoms with Crippen molar-refractivity contribution in [1.82, 2.24) is 10.6 Å². The summed E-state index contributed by atoms with van der Waals surface area (Å²) in [6.45, 7) is 6.41. The van der Waals surface area contributed by atoms with Gasteiger partial charge < -0.3 is 15.4 Å². The van der Waals surface area contributed by atoms with Crippen molar-refractivity contribution < 1.29 is 17.9 Å². The minimum Gasteiger partial charge on any atom is -0.489 e. The van der Waals surface area contributed by atoms with Crippen LogP contribution in [0.15, 0.2) is 29.3 Å². The Morgan fingerprint density at radius 2 is 2.04 bits per heavy atom. The lowest BCUT2D eigenvalue weighted by atomic mass is 10.2. The first-order chi connectivity index (χ1) is 10.8. The molecule has 0 saturated heterocycles. The third kappa shape index (κ3) is 8.95. The summed E-state index contributed by atoms with van der Waals surface area (Å²) in [6.07, 6.45) is -5.26. The summed E-state index contributed by atoms with van der Waals surface area (Å²) in [4.78, 5) is 4.25. The standard InChI is InChI=1S/C16H24F3N3O/c1-4-20-15(21-9-8-16(17,18)19)22-11-13(3)23-14-7-5-6-12(2)10-14/h5-7,10,13H,4,8-9,11H2,1-3H3,(H2,20,21,22). The molecule has 0 radical (unpaired) electrons. The van der Waals surface area contributed by atoms with Crippen LogP contribution in [0.4, 0.5) is 13.2 Å². The average Bonchev–Trinajstić information content (AvgIpc) is 2.43. The van der Waals surface area contributed by atoms with Crippen molar-refractivity contribution in [3.63, 3.8) is 0 Å². The number of alkyl halides is 3. The molecule has 1 rings (SSSR count). The van der Waals surface area contributed by atoms with Gasteiger partial charge >= 0.3 is 6.18 Å². The second kappa shape index (κ2) is 9.27. The number of nitrogens with zero attached hydrogens (tertiary/aromatic N) is 1. The van der Waals surface area contributed by atoms with Gasteiger partial charge in [0.2, 0.25) is 0 Å². The fraction of sp³-hybridized carbons (Fsp3) is 0.562. The van der Waals surface area contributed by atoms with E-state index in [-0.39, 0.29) is 12.6 Å². The minimum atomic E-state index is -4.17. The van der Waals surface area contributed by atoms with Gasteiger partial charge in [0, 0.05) is 13.1 Å². The molecule has 1 aromatic carbocycles. The number of halogens is 3. The largest absolute Gasteiger partial charge is 0.489 e. The fourth-order valence-corrected chi connectivity index (χ4v) is 1.84. The average molecular weight is 331 g/mol. The number of rotatable bonds is 7. The molecule has 0 saturated carbocycles. The number of hydrogen-bond acceptors (Lipinski definition) is 2. The number of benzene rings is 1. The SMILES string of the molecule is CCNC(=NCC(C)Oc1cccc(C)c1)NCCC(F)(F)F. The fourth-order valence-electron chi connectivity index (χ4n) is 1.84. The maximum Gasteiger partial charge on any atom is 0.390 e. The van der Waals surface area contributed by atoms with Gasteiger partial charge in [-0.1, -0.05) is 12.1 Å². The van der Waals surface area contributed by atoms with Crippen molar-refractivity contribution in [2.45, 2.75) is 39.5 Å². The van der Waals surface area contributed by atoms with Crippen LogP contribution < -0.4 is 15.4 Å². The number of hydrogen-bond donors (Lipinski definition) is 2. The van der Waals surface area contributed by atoms with Gasteiger partial charge in [-0.3, -0.25) is 0 Å². The van der Waals surface area contributed by atoms with Crippen molar-refractivity contribution in [1.29, 1.82) is 0 Å². The van der Waals surface area contributed by atoms with Crippen molar-refractivity contribution in [3.05, 3.63) is 29.8 Å². The first kappa shape index (κ1) is 19.1. The summed E-state index contributed by atoms with van der Waals surface area (Å²) >= 11 is 0. The van der Waals surface area contributed by atoms with E-state index in [1.54, 1.807) is 0 Å². The Kier molecular flexibility index (Phi) is 7.71. The first-order valence-electron chi connectivity index (χ1n) is 7.62. The van der Waals surface area contributed by atoms with Crippen LogP contribution in [-0.4, -0.2) is 37.9 Å². The normalized spacial score (nSPS) is 13.6. The van der Waals surface area contributed by atoms with E-state index in [0.29, 0.717) is 19.0 Å². The van der Waals surface area contributed by atoms with Crippen LogP contribution in [0.25, 0.3) is 0 Å². The molecule has 0 aliphatic rings. The number of aryl methyl sites for hydroxylation is 1.